The zero-order valence-corrected chi connectivity index (χ0v) is 19.4. The van der Waals surface area contributed by atoms with Crippen molar-refractivity contribution < 1.29 is 36.7 Å². The van der Waals surface area contributed by atoms with Crippen LogP contribution in [0.25, 0.3) is 0 Å². The summed E-state index contributed by atoms with van der Waals surface area (Å²) in [5.74, 6) is -4.73. The molecule has 0 aliphatic carbocycles. The lowest BCUT2D eigenvalue weighted by Crippen LogP contribution is -2.61. The molecule has 14 heteroatoms. The summed E-state index contributed by atoms with van der Waals surface area (Å²) in [6.45, 7) is -0.560. The topological polar surface area (TPSA) is 128 Å². The summed E-state index contributed by atoms with van der Waals surface area (Å²) in [4.78, 5) is 24.6. The van der Waals surface area contributed by atoms with Crippen molar-refractivity contribution in [3.05, 3.63) is 53.1 Å². The van der Waals surface area contributed by atoms with Gasteiger partial charge in [0.25, 0.3) is 5.91 Å². The molecule has 3 rings (SSSR count). The predicted octanol–water partition coefficient (Wildman–Crippen LogP) is 1.34. The quantitative estimate of drug-likeness (QED) is 0.373. The van der Waals surface area contributed by atoms with Crippen LogP contribution in [0.5, 0.6) is 11.5 Å². The number of rotatable bonds is 7. The zero-order valence-electron chi connectivity index (χ0n) is 17.8. The molecule has 1 atom stereocenters. The maximum atomic E-state index is 14.7. The Bertz CT molecular complexity index is 1160. The van der Waals surface area contributed by atoms with Crippen LogP contribution in [-0.2, 0) is 19.6 Å². The van der Waals surface area contributed by atoms with E-state index >= 15 is 0 Å². The minimum Gasteiger partial charge on any atom is -0.451 e. The lowest BCUT2D eigenvalue weighted by Gasteiger charge is -2.38. The van der Waals surface area contributed by atoms with E-state index in [1.54, 1.807) is 0 Å². The predicted molar refractivity (Wildman–Crippen MR) is 116 cm³/mol. The molecule has 1 heterocycles. The second kappa shape index (κ2) is 10.6. The number of benzene rings is 2. The fourth-order valence-electron chi connectivity index (χ4n) is 3.36. The number of piperazine rings is 1. The Hall–Kier alpha value is -2.84. The first-order valence-corrected chi connectivity index (χ1v) is 11.7. The molecule has 2 amide bonds. The van der Waals surface area contributed by atoms with Gasteiger partial charge in [-0.3, -0.25) is 19.7 Å². The second-order valence-corrected chi connectivity index (χ2v) is 9.61. The highest BCUT2D eigenvalue weighted by atomic mass is 35.5. The molecule has 0 bridgehead atoms. The first kappa shape index (κ1) is 25.8. The van der Waals surface area contributed by atoms with Crippen LogP contribution in [-0.4, -0.2) is 73.9 Å². The van der Waals surface area contributed by atoms with Crippen LogP contribution in [0, 0.1) is 11.6 Å². The van der Waals surface area contributed by atoms with E-state index in [9.17, 15) is 26.8 Å². The number of hydroxylamine groups is 1. The average Bonchev–Trinajstić information content (AvgIpc) is 2.81. The summed E-state index contributed by atoms with van der Waals surface area (Å²) >= 11 is 5.77. The standard InChI is InChI=1S/C20H21ClF2N4O6S/c1-24-18(28)11-26-6-7-27(17(10-26)20(29)25-30)34(31,32)14-8-15(22)19(16(23)9-14)33-13-4-2-12(21)3-5-13/h2-5,8-9,17,30H,6-7,10-11H2,1H3,(H,24,28)(H,25,29)/t17-/m1/s1. The smallest absolute Gasteiger partial charge is 0.263 e. The van der Waals surface area contributed by atoms with Crippen LogP contribution in [0.2, 0.25) is 5.02 Å². The highest BCUT2D eigenvalue weighted by Gasteiger charge is 2.41. The van der Waals surface area contributed by atoms with Crippen molar-refractivity contribution in [3.8, 4) is 11.5 Å². The zero-order chi connectivity index (χ0) is 25.0. The molecule has 34 heavy (non-hydrogen) atoms. The van der Waals surface area contributed by atoms with Gasteiger partial charge in [0.1, 0.15) is 11.8 Å². The molecule has 0 radical (unpaired) electrons. The lowest BCUT2D eigenvalue weighted by molar-refractivity contribution is -0.136. The van der Waals surface area contributed by atoms with Crippen molar-refractivity contribution in [2.75, 3.05) is 33.2 Å². The number of ether oxygens (including phenoxy) is 1. The molecule has 1 saturated heterocycles. The molecule has 0 unspecified atom stereocenters. The van der Waals surface area contributed by atoms with E-state index in [2.05, 4.69) is 5.32 Å². The van der Waals surface area contributed by atoms with E-state index in [1.165, 1.54) is 41.7 Å². The Morgan fingerprint density at radius 1 is 1.18 bits per heavy atom. The van der Waals surface area contributed by atoms with Gasteiger partial charge in [-0.1, -0.05) is 11.6 Å². The van der Waals surface area contributed by atoms with Crippen LogP contribution in [0.3, 0.4) is 0 Å². The number of amides is 2. The van der Waals surface area contributed by atoms with E-state index in [0.717, 1.165) is 0 Å². The molecule has 2 aromatic rings. The molecule has 0 spiro atoms. The Labute approximate surface area is 199 Å². The number of carbonyl (C=O) groups is 2. The molecule has 1 aliphatic rings. The molecule has 3 N–H and O–H groups in total. The van der Waals surface area contributed by atoms with Gasteiger partial charge in [-0.2, -0.15) is 4.31 Å². The van der Waals surface area contributed by atoms with E-state index in [4.69, 9.17) is 21.5 Å². The van der Waals surface area contributed by atoms with Crippen molar-refractivity contribution in [1.82, 2.24) is 20.0 Å². The molecule has 10 nitrogen and oxygen atoms in total. The number of nitrogens with one attached hydrogen (secondary N) is 2. The van der Waals surface area contributed by atoms with Crippen LogP contribution in [0.15, 0.2) is 41.3 Å². The van der Waals surface area contributed by atoms with Gasteiger partial charge < -0.3 is 10.1 Å². The number of halogens is 3. The first-order chi connectivity index (χ1) is 16.1. The third-order valence-electron chi connectivity index (χ3n) is 5.09. The first-order valence-electron chi connectivity index (χ1n) is 9.88. The Balaban J connectivity index is 1.89. The van der Waals surface area contributed by atoms with Crippen LogP contribution in [0.1, 0.15) is 0 Å². The molecule has 1 fully saturated rings. The van der Waals surface area contributed by atoms with Crippen molar-refractivity contribution >= 4 is 33.4 Å². The molecule has 1 aliphatic heterocycles. The fraction of sp³-hybridized carbons (Fsp3) is 0.300. The number of likely N-dealkylation sites (N-methyl/N-ethyl adjacent to an activating group) is 1. The summed E-state index contributed by atoms with van der Waals surface area (Å²) in [5.41, 5.74) is 1.39. The Kier molecular flexibility index (Phi) is 8.05. The third-order valence-corrected chi connectivity index (χ3v) is 7.22. The molecular weight excluding hydrogens is 498 g/mol. The van der Waals surface area contributed by atoms with E-state index in [1.807, 2.05) is 0 Å². The van der Waals surface area contributed by atoms with E-state index in [0.29, 0.717) is 21.5 Å². The fourth-order valence-corrected chi connectivity index (χ4v) is 5.08. The number of carbonyl (C=O) groups excluding carboxylic acids is 2. The van der Waals surface area contributed by atoms with Crippen molar-refractivity contribution in [2.24, 2.45) is 0 Å². The monoisotopic (exact) mass is 518 g/mol. The van der Waals surface area contributed by atoms with Gasteiger partial charge in [0.2, 0.25) is 15.9 Å². The van der Waals surface area contributed by atoms with Gasteiger partial charge >= 0.3 is 0 Å². The van der Waals surface area contributed by atoms with Crippen molar-refractivity contribution in [1.29, 1.82) is 0 Å². The summed E-state index contributed by atoms with van der Waals surface area (Å²) in [6.07, 6.45) is 0. The molecule has 0 aromatic heterocycles. The van der Waals surface area contributed by atoms with Crippen LogP contribution < -0.4 is 15.5 Å². The lowest BCUT2D eigenvalue weighted by atomic mass is 10.2. The summed E-state index contributed by atoms with van der Waals surface area (Å²) in [5, 5.41) is 11.9. The van der Waals surface area contributed by atoms with Crippen LogP contribution >= 0.6 is 11.6 Å². The maximum Gasteiger partial charge on any atom is 0.263 e. The minimum absolute atomic E-state index is 0.0601. The van der Waals surface area contributed by atoms with Gasteiger partial charge in [0.05, 0.1) is 11.4 Å². The van der Waals surface area contributed by atoms with E-state index < -0.39 is 44.3 Å². The average molecular weight is 519 g/mol. The summed E-state index contributed by atoms with van der Waals surface area (Å²) < 4.78 is 61.7. The molecule has 0 saturated carbocycles. The Morgan fingerprint density at radius 2 is 1.79 bits per heavy atom. The van der Waals surface area contributed by atoms with Gasteiger partial charge in [0.15, 0.2) is 17.4 Å². The van der Waals surface area contributed by atoms with Gasteiger partial charge in [-0.05, 0) is 36.4 Å². The number of sulfonamides is 1. The highest BCUT2D eigenvalue weighted by molar-refractivity contribution is 7.89. The second-order valence-electron chi connectivity index (χ2n) is 7.29. The maximum absolute atomic E-state index is 14.7. The number of nitrogens with zero attached hydrogens (tertiary/aromatic N) is 2. The van der Waals surface area contributed by atoms with Crippen molar-refractivity contribution in [2.45, 2.75) is 10.9 Å². The van der Waals surface area contributed by atoms with Crippen LogP contribution in [0.4, 0.5) is 8.78 Å². The van der Waals surface area contributed by atoms with Gasteiger partial charge in [-0.15, -0.1) is 0 Å². The summed E-state index contributed by atoms with van der Waals surface area (Å²) in [6, 6.07) is 5.35. The number of hydrogen-bond acceptors (Lipinski definition) is 7. The van der Waals surface area contributed by atoms with Gasteiger partial charge in [0, 0.05) is 31.7 Å². The number of hydrogen-bond donors (Lipinski definition) is 3. The third kappa shape index (κ3) is 5.62. The molecular formula is C20H21ClF2N4O6S. The molecule has 184 valence electrons. The Morgan fingerprint density at radius 3 is 2.35 bits per heavy atom. The highest BCUT2D eigenvalue weighted by Crippen LogP contribution is 2.32. The van der Waals surface area contributed by atoms with Crippen molar-refractivity contribution in [3.63, 3.8) is 0 Å². The normalized spacial score (nSPS) is 17.3. The SMILES string of the molecule is CNC(=O)CN1CCN(S(=O)(=O)c2cc(F)c(Oc3ccc(Cl)cc3)c(F)c2)[C@@H](C(=O)NO)C1. The summed E-state index contributed by atoms with van der Waals surface area (Å²) in [7, 11) is -3.16. The minimum atomic E-state index is -4.58. The molecule has 2 aromatic carbocycles. The van der Waals surface area contributed by atoms with E-state index in [-0.39, 0.29) is 37.8 Å². The van der Waals surface area contributed by atoms with Gasteiger partial charge in [-0.25, -0.2) is 22.7 Å². The largest absolute Gasteiger partial charge is 0.451 e.